The van der Waals surface area contributed by atoms with Gasteiger partial charge in [0.05, 0.1) is 25.6 Å². The summed E-state index contributed by atoms with van der Waals surface area (Å²) in [5.41, 5.74) is 4.30. The Bertz CT molecular complexity index is 1860. The largest absolute Gasteiger partial charge is 0.497 e. The van der Waals surface area contributed by atoms with Crippen LogP contribution in [0.5, 0.6) is 11.5 Å². The quantitative estimate of drug-likeness (QED) is 0.107. The Morgan fingerprint density at radius 2 is 1.63 bits per heavy atom. The van der Waals surface area contributed by atoms with Crippen molar-refractivity contribution in [2.45, 2.75) is 40.8 Å². The lowest BCUT2D eigenvalue weighted by Crippen LogP contribution is -2.34. The average Bonchev–Trinajstić information content (AvgIpc) is 3.15. The van der Waals surface area contributed by atoms with E-state index in [2.05, 4.69) is 20.8 Å². The van der Waals surface area contributed by atoms with Crippen molar-refractivity contribution in [3.05, 3.63) is 123 Å². The van der Waals surface area contributed by atoms with Gasteiger partial charge >= 0.3 is 0 Å². The fourth-order valence-electron chi connectivity index (χ4n) is 4.35. The fourth-order valence-corrected chi connectivity index (χ4v) is 4.55. The van der Waals surface area contributed by atoms with Gasteiger partial charge in [0.25, 0.3) is 5.56 Å². The molecule has 0 aliphatic heterocycles. The number of likely N-dealkylation sites (N-methyl/N-ethyl adjacent to an activating group) is 1. The van der Waals surface area contributed by atoms with Crippen molar-refractivity contribution >= 4 is 35.5 Å². The van der Waals surface area contributed by atoms with Crippen molar-refractivity contribution in [1.29, 1.82) is 0 Å². The van der Waals surface area contributed by atoms with Crippen LogP contribution in [0.1, 0.15) is 37.5 Å². The molecule has 0 saturated heterocycles. The molecule has 0 radical (unpaired) electrons. The predicted octanol–water partition coefficient (Wildman–Crippen LogP) is 5.40. The van der Waals surface area contributed by atoms with Crippen LogP contribution >= 0.6 is 11.6 Å². The maximum atomic E-state index is 12.3. The van der Waals surface area contributed by atoms with Gasteiger partial charge in [-0.1, -0.05) is 49.7 Å². The number of hydrogen-bond acceptors (Lipinski definition) is 8. The number of allylic oxidation sites excluding steroid dienone is 2. The third-order valence-electron chi connectivity index (χ3n) is 6.96. The molecule has 0 saturated carbocycles. The molecule has 0 spiro atoms. The summed E-state index contributed by atoms with van der Waals surface area (Å²) in [5.74, 6) is 0.864. The van der Waals surface area contributed by atoms with Gasteiger partial charge in [-0.15, -0.1) is 0 Å². The summed E-state index contributed by atoms with van der Waals surface area (Å²) in [7, 11) is 4.71. The second-order valence-corrected chi connectivity index (χ2v) is 10.8. The first-order chi connectivity index (χ1) is 24.6. The lowest BCUT2D eigenvalue weighted by atomic mass is 10.0. The molecule has 13 heteroatoms. The summed E-state index contributed by atoms with van der Waals surface area (Å²) in [4.78, 5) is 46.8. The van der Waals surface area contributed by atoms with Crippen LogP contribution in [0, 0.1) is 6.92 Å². The summed E-state index contributed by atoms with van der Waals surface area (Å²) < 4.78 is 11.5. The summed E-state index contributed by atoms with van der Waals surface area (Å²) >= 11 is 6.09. The maximum Gasteiger partial charge on any atom is 0.267 e. The van der Waals surface area contributed by atoms with Crippen molar-refractivity contribution in [1.82, 2.24) is 25.4 Å². The van der Waals surface area contributed by atoms with E-state index in [-0.39, 0.29) is 37.0 Å². The highest BCUT2D eigenvalue weighted by atomic mass is 35.5. The number of benzene rings is 3. The number of hydrazone groups is 1. The Balaban J connectivity index is 0.000000357. The SMILES string of the molecule is C/C=C\C(=N/N(C=O)CC(=O)NCc1ccccc1Cl)c1ccc(OC)cc1C.CC.CNC(=O)Cn1nc(-c2ccc(OC)cc2)ccc1=O. The molecule has 12 nitrogen and oxygen atoms in total. The van der Waals surface area contributed by atoms with Crippen LogP contribution in [-0.4, -0.2) is 66.5 Å². The number of amides is 3. The van der Waals surface area contributed by atoms with Crippen LogP contribution in [-0.2, 0) is 27.5 Å². The zero-order valence-corrected chi connectivity index (χ0v) is 30.7. The Morgan fingerprint density at radius 1 is 0.961 bits per heavy atom. The first-order valence-corrected chi connectivity index (χ1v) is 16.5. The number of carbonyl (C=O) groups excluding carboxylic acids is 3. The first-order valence-electron chi connectivity index (χ1n) is 16.1. The van der Waals surface area contributed by atoms with Crippen molar-refractivity contribution in [2.24, 2.45) is 5.10 Å². The molecule has 4 rings (SSSR count). The van der Waals surface area contributed by atoms with Crippen molar-refractivity contribution in [3.8, 4) is 22.8 Å². The Kier molecular flexibility index (Phi) is 17.9. The zero-order chi connectivity index (χ0) is 37.8. The normalized spacial score (nSPS) is 10.5. The van der Waals surface area contributed by atoms with Crippen LogP contribution in [0.15, 0.2) is 101 Å². The lowest BCUT2D eigenvalue weighted by molar-refractivity contribution is -0.128. The molecule has 51 heavy (non-hydrogen) atoms. The summed E-state index contributed by atoms with van der Waals surface area (Å²) in [5, 5.41) is 15.4. The van der Waals surface area contributed by atoms with Crippen LogP contribution in [0.25, 0.3) is 11.3 Å². The number of rotatable bonds is 13. The number of aromatic nitrogens is 2. The van der Waals surface area contributed by atoms with Gasteiger partial charge in [-0.2, -0.15) is 10.2 Å². The molecule has 4 aromatic rings. The highest BCUT2D eigenvalue weighted by molar-refractivity contribution is 6.31. The van der Waals surface area contributed by atoms with E-state index < -0.39 is 0 Å². The molecular formula is C38H45ClN6O6. The summed E-state index contributed by atoms with van der Waals surface area (Å²) in [6.07, 6.45) is 4.13. The van der Waals surface area contributed by atoms with Crippen molar-refractivity contribution in [2.75, 3.05) is 27.8 Å². The van der Waals surface area contributed by atoms with Gasteiger partial charge in [0, 0.05) is 35.8 Å². The van der Waals surface area contributed by atoms with Crippen molar-refractivity contribution < 1.29 is 23.9 Å². The van der Waals surface area contributed by atoms with Crippen molar-refractivity contribution in [3.63, 3.8) is 0 Å². The predicted molar refractivity (Wildman–Crippen MR) is 201 cm³/mol. The lowest BCUT2D eigenvalue weighted by Gasteiger charge is -2.15. The Hall–Kier alpha value is -5.75. The van der Waals surface area contributed by atoms with Crippen LogP contribution in [0.4, 0.5) is 0 Å². The van der Waals surface area contributed by atoms with E-state index in [0.29, 0.717) is 22.8 Å². The molecule has 270 valence electrons. The number of methoxy groups -OCH3 is 2. The van der Waals surface area contributed by atoms with Crippen LogP contribution in [0.2, 0.25) is 5.02 Å². The second-order valence-electron chi connectivity index (χ2n) is 10.4. The third kappa shape index (κ3) is 13.2. The van der Waals surface area contributed by atoms with E-state index in [1.165, 1.54) is 13.1 Å². The fraction of sp³-hybridized carbons (Fsp3) is 0.263. The topological polar surface area (TPSA) is 144 Å². The number of carbonyl (C=O) groups is 3. The smallest absolute Gasteiger partial charge is 0.267 e. The van der Waals surface area contributed by atoms with Crippen LogP contribution < -0.4 is 25.7 Å². The number of aryl methyl sites for hydroxylation is 1. The molecule has 3 amide bonds. The molecule has 1 aromatic heterocycles. The van der Waals surface area contributed by atoms with E-state index >= 15 is 0 Å². The molecule has 0 fully saturated rings. The van der Waals surface area contributed by atoms with E-state index in [0.717, 1.165) is 43.4 Å². The number of ether oxygens (including phenoxy) is 2. The number of halogens is 1. The zero-order valence-electron chi connectivity index (χ0n) is 30.0. The molecule has 0 bridgehead atoms. The Morgan fingerprint density at radius 3 is 2.22 bits per heavy atom. The van der Waals surface area contributed by atoms with Gasteiger partial charge < -0.3 is 20.1 Å². The molecule has 2 N–H and O–H groups in total. The summed E-state index contributed by atoms with van der Waals surface area (Å²) in [6.45, 7) is 7.76. The van der Waals surface area contributed by atoms with Crippen LogP contribution in [0.3, 0.4) is 0 Å². The van der Waals surface area contributed by atoms with E-state index in [1.54, 1.807) is 32.4 Å². The standard InChI is InChI=1S/C22H24ClN3O3.C14H15N3O3.C2H6/c1-4-7-21(19-11-10-18(29-3)12-16(19)2)25-26(15-27)14-22(28)24-13-17-8-5-6-9-20(17)23;1-15-13(18)9-17-14(19)8-7-12(16-17)10-3-5-11(20-2)6-4-10;1-2/h4-12,15H,13-14H2,1-3H3,(H,24,28);3-8H,9H2,1-2H3,(H,15,18);1-2H3/b7-4-,25-21+;;. The average molecular weight is 717 g/mol. The van der Waals surface area contributed by atoms with Gasteiger partial charge in [-0.3, -0.25) is 19.2 Å². The molecule has 0 atom stereocenters. The highest BCUT2D eigenvalue weighted by Gasteiger charge is 2.12. The molecule has 1 heterocycles. The number of nitrogens with zero attached hydrogens (tertiary/aromatic N) is 4. The minimum absolute atomic E-state index is 0.0979. The number of nitrogens with one attached hydrogen (secondary N) is 2. The summed E-state index contributed by atoms with van der Waals surface area (Å²) in [6, 6.07) is 23.2. The Labute approximate surface area is 303 Å². The molecular weight excluding hydrogens is 672 g/mol. The molecule has 0 aliphatic carbocycles. The van der Waals surface area contributed by atoms with E-state index in [4.69, 9.17) is 21.1 Å². The minimum Gasteiger partial charge on any atom is -0.497 e. The second kappa shape index (κ2) is 22.1. The monoisotopic (exact) mass is 716 g/mol. The van der Waals surface area contributed by atoms with E-state index in [9.17, 15) is 19.2 Å². The first kappa shape index (κ1) is 41.4. The van der Waals surface area contributed by atoms with Gasteiger partial charge in [0.2, 0.25) is 18.2 Å². The van der Waals surface area contributed by atoms with Gasteiger partial charge in [-0.05, 0) is 85.6 Å². The van der Waals surface area contributed by atoms with Gasteiger partial charge in [0.15, 0.2) is 0 Å². The third-order valence-corrected chi connectivity index (χ3v) is 7.32. The molecule has 3 aromatic carbocycles. The van der Waals surface area contributed by atoms with E-state index in [1.807, 2.05) is 94.4 Å². The minimum atomic E-state index is -0.341. The molecule has 0 unspecified atom stereocenters. The molecule has 0 aliphatic rings. The van der Waals surface area contributed by atoms with Gasteiger partial charge in [0.1, 0.15) is 24.6 Å². The van der Waals surface area contributed by atoms with Gasteiger partial charge in [-0.25, -0.2) is 9.69 Å². The maximum absolute atomic E-state index is 12.3. The highest BCUT2D eigenvalue weighted by Crippen LogP contribution is 2.20. The number of hydrogen-bond donors (Lipinski definition) is 2.